The van der Waals surface area contributed by atoms with Gasteiger partial charge in [-0.15, -0.1) is 24.0 Å². The van der Waals surface area contributed by atoms with Gasteiger partial charge < -0.3 is 10.6 Å². The Morgan fingerprint density at radius 1 is 1.24 bits per heavy atom. The fourth-order valence-electron chi connectivity index (χ4n) is 2.23. The molecule has 0 aliphatic carbocycles. The molecule has 2 aromatic rings. The van der Waals surface area contributed by atoms with Crippen LogP contribution in [0.25, 0.3) is 0 Å². The van der Waals surface area contributed by atoms with Gasteiger partial charge in [0, 0.05) is 30.7 Å². The van der Waals surface area contributed by atoms with E-state index >= 15 is 0 Å². The quantitative estimate of drug-likeness (QED) is 0.223. The molecule has 0 heterocycles. The molecule has 0 amide bonds. The maximum atomic E-state index is 10.7. The van der Waals surface area contributed by atoms with E-state index in [1.807, 2.05) is 31.2 Å². The van der Waals surface area contributed by atoms with Gasteiger partial charge in [0.25, 0.3) is 5.69 Å². The third-order valence-corrected chi connectivity index (χ3v) is 3.90. The predicted molar refractivity (Wildman–Crippen MR) is 112 cm³/mol. The Bertz CT molecular complexity index is 738. The molecule has 2 rings (SSSR count). The second-order valence-corrected chi connectivity index (χ2v) is 5.64. The number of nitrogens with one attached hydrogen (secondary N) is 2. The first-order chi connectivity index (χ1) is 11.5. The number of halogens is 2. The number of nitro groups is 1. The van der Waals surface area contributed by atoms with Crippen LogP contribution in [-0.2, 0) is 6.54 Å². The number of aliphatic imine (C=N–C) groups is 1. The lowest BCUT2D eigenvalue weighted by atomic mass is 10.1. The predicted octanol–water partition coefficient (Wildman–Crippen LogP) is 4.29. The van der Waals surface area contributed by atoms with Crippen molar-refractivity contribution in [3.05, 3.63) is 74.8 Å². The van der Waals surface area contributed by atoms with Crippen LogP contribution in [-0.4, -0.2) is 17.9 Å². The highest BCUT2D eigenvalue weighted by Gasteiger charge is 2.11. The maximum absolute atomic E-state index is 10.7. The first-order valence-corrected chi connectivity index (χ1v) is 7.84. The standard InChI is InChI=1S/C17H19ClN4O2.HI/c1-12(15-5-3-4-6-16(15)18)21-17(19-2)20-11-13-7-9-14(10-8-13)22(23)24;/h3-10,12H,11H2,1-2H3,(H2,19,20,21);1H. The number of nitro benzene ring substituents is 1. The van der Waals surface area contributed by atoms with Crippen LogP contribution in [0, 0.1) is 10.1 Å². The van der Waals surface area contributed by atoms with Gasteiger partial charge in [-0.3, -0.25) is 15.1 Å². The molecule has 134 valence electrons. The van der Waals surface area contributed by atoms with Gasteiger partial charge in [0.2, 0.25) is 0 Å². The highest BCUT2D eigenvalue weighted by molar-refractivity contribution is 14.0. The van der Waals surface area contributed by atoms with Crippen LogP contribution < -0.4 is 10.6 Å². The normalized spacial score (nSPS) is 12.0. The third-order valence-electron chi connectivity index (χ3n) is 3.56. The number of guanidine groups is 1. The Kier molecular flexibility index (Phi) is 8.64. The van der Waals surface area contributed by atoms with E-state index in [1.54, 1.807) is 19.2 Å². The van der Waals surface area contributed by atoms with Crippen molar-refractivity contribution in [2.75, 3.05) is 7.05 Å². The molecule has 2 N–H and O–H groups in total. The minimum absolute atomic E-state index is 0. The summed E-state index contributed by atoms with van der Waals surface area (Å²) in [5.74, 6) is 0.626. The Morgan fingerprint density at radius 3 is 2.44 bits per heavy atom. The number of non-ortho nitro benzene ring substituents is 1. The highest BCUT2D eigenvalue weighted by Crippen LogP contribution is 2.21. The monoisotopic (exact) mass is 474 g/mol. The second kappa shape index (κ2) is 10.2. The van der Waals surface area contributed by atoms with Crippen LogP contribution in [0.1, 0.15) is 24.1 Å². The van der Waals surface area contributed by atoms with Crippen LogP contribution in [0.5, 0.6) is 0 Å². The lowest BCUT2D eigenvalue weighted by molar-refractivity contribution is -0.384. The summed E-state index contributed by atoms with van der Waals surface area (Å²) in [7, 11) is 1.69. The zero-order chi connectivity index (χ0) is 17.5. The Labute approximate surface area is 168 Å². The molecule has 0 aliphatic heterocycles. The fourth-order valence-corrected chi connectivity index (χ4v) is 2.52. The van der Waals surface area contributed by atoms with E-state index in [0.29, 0.717) is 17.5 Å². The average Bonchev–Trinajstić information content (AvgIpc) is 2.59. The van der Waals surface area contributed by atoms with Crippen molar-refractivity contribution in [1.82, 2.24) is 10.6 Å². The smallest absolute Gasteiger partial charge is 0.269 e. The van der Waals surface area contributed by atoms with Crippen molar-refractivity contribution in [3.8, 4) is 0 Å². The first-order valence-electron chi connectivity index (χ1n) is 7.46. The summed E-state index contributed by atoms with van der Waals surface area (Å²) < 4.78 is 0. The van der Waals surface area contributed by atoms with Gasteiger partial charge >= 0.3 is 0 Å². The molecule has 2 aromatic carbocycles. The largest absolute Gasteiger partial charge is 0.352 e. The van der Waals surface area contributed by atoms with E-state index in [9.17, 15) is 10.1 Å². The van der Waals surface area contributed by atoms with Crippen LogP contribution >= 0.6 is 35.6 Å². The van der Waals surface area contributed by atoms with Crippen molar-refractivity contribution >= 4 is 47.2 Å². The number of nitrogens with zero attached hydrogens (tertiary/aromatic N) is 2. The summed E-state index contributed by atoms with van der Waals surface area (Å²) in [5.41, 5.74) is 1.99. The molecule has 0 aromatic heterocycles. The molecule has 0 fully saturated rings. The van der Waals surface area contributed by atoms with Crippen molar-refractivity contribution < 1.29 is 4.92 Å². The number of hydrogen-bond donors (Lipinski definition) is 2. The minimum atomic E-state index is -0.414. The first kappa shape index (κ1) is 21.2. The van der Waals surface area contributed by atoms with Gasteiger partial charge in [-0.1, -0.05) is 41.9 Å². The fraction of sp³-hybridized carbons (Fsp3) is 0.235. The summed E-state index contributed by atoms with van der Waals surface area (Å²) in [6.07, 6.45) is 0. The zero-order valence-electron chi connectivity index (χ0n) is 13.9. The van der Waals surface area contributed by atoms with E-state index in [1.165, 1.54) is 12.1 Å². The van der Waals surface area contributed by atoms with Crippen molar-refractivity contribution in [2.45, 2.75) is 19.5 Å². The Morgan fingerprint density at radius 2 is 1.88 bits per heavy atom. The van der Waals surface area contributed by atoms with Crippen LogP contribution in [0.15, 0.2) is 53.5 Å². The van der Waals surface area contributed by atoms with Crippen LogP contribution in [0.2, 0.25) is 5.02 Å². The second-order valence-electron chi connectivity index (χ2n) is 5.24. The summed E-state index contributed by atoms with van der Waals surface area (Å²) in [6.45, 7) is 2.51. The molecule has 0 spiro atoms. The zero-order valence-corrected chi connectivity index (χ0v) is 17.0. The molecule has 0 saturated carbocycles. The van der Waals surface area contributed by atoms with Gasteiger partial charge in [0.1, 0.15) is 0 Å². The van der Waals surface area contributed by atoms with Crippen LogP contribution in [0.4, 0.5) is 5.69 Å². The van der Waals surface area contributed by atoms with E-state index in [0.717, 1.165) is 11.1 Å². The molecular weight excluding hydrogens is 455 g/mol. The topological polar surface area (TPSA) is 79.6 Å². The molecule has 1 atom stereocenters. The molecule has 0 bridgehead atoms. The number of hydrogen-bond acceptors (Lipinski definition) is 3. The minimum Gasteiger partial charge on any atom is -0.352 e. The van der Waals surface area contributed by atoms with E-state index in [-0.39, 0.29) is 35.7 Å². The third kappa shape index (κ3) is 6.17. The average molecular weight is 475 g/mol. The lowest BCUT2D eigenvalue weighted by Crippen LogP contribution is -2.38. The maximum Gasteiger partial charge on any atom is 0.269 e. The number of benzene rings is 2. The Hall–Kier alpha value is -1.87. The van der Waals surface area contributed by atoms with E-state index < -0.39 is 4.92 Å². The highest BCUT2D eigenvalue weighted by atomic mass is 127. The van der Waals surface area contributed by atoms with E-state index in [2.05, 4.69) is 15.6 Å². The van der Waals surface area contributed by atoms with Crippen molar-refractivity contribution in [3.63, 3.8) is 0 Å². The molecule has 8 heteroatoms. The van der Waals surface area contributed by atoms with Crippen molar-refractivity contribution in [2.24, 2.45) is 4.99 Å². The summed E-state index contributed by atoms with van der Waals surface area (Å²) in [5, 5.41) is 17.8. The van der Waals surface area contributed by atoms with Gasteiger partial charge in [0.15, 0.2) is 5.96 Å². The van der Waals surface area contributed by atoms with Crippen molar-refractivity contribution in [1.29, 1.82) is 0 Å². The van der Waals surface area contributed by atoms with Gasteiger partial charge in [-0.2, -0.15) is 0 Å². The summed E-state index contributed by atoms with van der Waals surface area (Å²) in [6, 6.07) is 14.0. The molecule has 0 radical (unpaired) electrons. The molecule has 1 unspecified atom stereocenters. The number of rotatable bonds is 5. The molecule has 0 saturated heterocycles. The van der Waals surface area contributed by atoms with Gasteiger partial charge in [-0.05, 0) is 24.1 Å². The lowest BCUT2D eigenvalue weighted by Gasteiger charge is -2.19. The summed E-state index contributed by atoms with van der Waals surface area (Å²) >= 11 is 6.20. The van der Waals surface area contributed by atoms with Gasteiger partial charge in [0.05, 0.1) is 11.0 Å². The van der Waals surface area contributed by atoms with Crippen LogP contribution in [0.3, 0.4) is 0 Å². The molecule has 6 nitrogen and oxygen atoms in total. The molecular formula is C17H20ClIN4O2. The van der Waals surface area contributed by atoms with E-state index in [4.69, 9.17) is 11.6 Å². The Balaban J connectivity index is 0.00000312. The summed E-state index contributed by atoms with van der Waals surface area (Å²) in [4.78, 5) is 14.4. The SMILES string of the molecule is CN=C(NCc1ccc([N+](=O)[O-])cc1)NC(C)c1ccccc1Cl.I. The molecule has 25 heavy (non-hydrogen) atoms. The molecule has 0 aliphatic rings. The van der Waals surface area contributed by atoms with Gasteiger partial charge in [-0.25, -0.2) is 0 Å².